The van der Waals surface area contributed by atoms with Gasteiger partial charge in [0.1, 0.15) is 11.4 Å². The van der Waals surface area contributed by atoms with Crippen LogP contribution in [0.3, 0.4) is 0 Å². The minimum absolute atomic E-state index is 0.00522. The zero-order chi connectivity index (χ0) is 15.4. The molecule has 2 rings (SSSR count). The smallest absolute Gasteiger partial charge is 0.336 e. The van der Waals surface area contributed by atoms with Gasteiger partial charge in [-0.1, -0.05) is 18.2 Å². The van der Waals surface area contributed by atoms with Crippen LogP contribution < -0.4 is 0 Å². The van der Waals surface area contributed by atoms with Gasteiger partial charge < -0.3 is 15.3 Å². The van der Waals surface area contributed by atoms with Gasteiger partial charge in [-0.3, -0.25) is 4.99 Å². The van der Waals surface area contributed by atoms with Crippen LogP contribution in [0.15, 0.2) is 47.5 Å². The SMILES string of the molecule is O=C(O)c1ccc(/C=N/c2ccccc2O)cc1C(=O)O. The van der Waals surface area contributed by atoms with Crippen molar-refractivity contribution in [3.63, 3.8) is 0 Å². The fourth-order valence-corrected chi connectivity index (χ4v) is 1.72. The minimum Gasteiger partial charge on any atom is -0.506 e. The molecule has 3 N–H and O–H groups in total. The van der Waals surface area contributed by atoms with Crippen LogP contribution in [0.4, 0.5) is 5.69 Å². The number of phenolic OH excluding ortho intramolecular Hbond substituents is 1. The first kappa shape index (κ1) is 14.3. The Morgan fingerprint density at radius 2 is 1.62 bits per heavy atom. The first-order chi connectivity index (χ1) is 9.99. The Bertz CT molecular complexity index is 737. The highest BCUT2D eigenvalue weighted by Crippen LogP contribution is 2.24. The van der Waals surface area contributed by atoms with Gasteiger partial charge in [-0.15, -0.1) is 0 Å². The second-order valence-corrected chi connectivity index (χ2v) is 4.16. The molecule has 6 nitrogen and oxygen atoms in total. The summed E-state index contributed by atoms with van der Waals surface area (Å²) in [5, 5.41) is 27.5. The predicted octanol–water partition coefficient (Wildman–Crippen LogP) is 2.54. The predicted molar refractivity (Wildman–Crippen MR) is 75.7 cm³/mol. The number of carbonyl (C=O) groups is 2. The number of phenols is 1. The number of rotatable bonds is 4. The molecule has 0 aliphatic carbocycles. The largest absolute Gasteiger partial charge is 0.506 e. The Morgan fingerprint density at radius 3 is 2.24 bits per heavy atom. The lowest BCUT2D eigenvalue weighted by atomic mass is 10.0. The maximum Gasteiger partial charge on any atom is 0.336 e. The molecule has 21 heavy (non-hydrogen) atoms. The van der Waals surface area contributed by atoms with Crippen molar-refractivity contribution in [1.82, 2.24) is 0 Å². The molecule has 0 amide bonds. The lowest BCUT2D eigenvalue weighted by Gasteiger charge is -2.03. The summed E-state index contributed by atoms with van der Waals surface area (Å²) in [6.07, 6.45) is 1.35. The zero-order valence-corrected chi connectivity index (χ0v) is 10.7. The van der Waals surface area contributed by atoms with Gasteiger partial charge >= 0.3 is 11.9 Å². The fourth-order valence-electron chi connectivity index (χ4n) is 1.72. The van der Waals surface area contributed by atoms with Gasteiger partial charge in [-0.2, -0.15) is 0 Å². The van der Waals surface area contributed by atoms with Crippen molar-refractivity contribution in [2.24, 2.45) is 4.99 Å². The van der Waals surface area contributed by atoms with Crippen molar-refractivity contribution in [3.05, 3.63) is 59.2 Å². The molecule has 2 aromatic carbocycles. The molecule has 0 spiro atoms. The lowest BCUT2D eigenvalue weighted by molar-refractivity contribution is 0.0651. The maximum absolute atomic E-state index is 11.1. The average Bonchev–Trinajstić information content (AvgIpc) is 2.46. The molecule has 0 atom stereocenters. The molecular formula is C15H11NO5. The maximum atomic E-state index is 11.1. The summed E-state index contributed by atoms with van der Waals surface area (Å²) in [5.41, 5.74) is 0.142. The second kappa shape index (κ2) is 5.87. The Kier molecular flexibility index (Phi) is 3.99. The standard InChI is InChI=1S/C15H11NO5/c17-13-4-2-1-3-12(13)16-8-9-5-6-10(14(18)19)11(7-9)15(20)21/h1-8,17H,(H,18,19)(H,20,21)/b16-8+. The Labute approximate surface area is 119 Å². The van der Waals surface area contributed by atoms with E-state index >= 15 is 0 Å². The molecule has 0 fully saturated rings. The monoisotopic (exact) mass is 285 g/mol. The quantitative estimate of drug-likeness (QED) is 0.748. The highest BCUT2D eigenvalue weighted by atomic mass is 16.4. The van der Waals surface area contributed by atoms with E-state index in [0.29, 0.717) is 11.3 Å². The zero-order valence-electron chi connectivity index (χ0n) is 10.7. The number of aromatic carboxylic acids is 2. The molecule has 0 aromatic heterocycles. The summed E-state index contributed by atoms with van der Waals surface area (Å²) in [6.45, 7) is 0. The first-order valence-corrected chi connectivity index (χ1v) is 5.91. The van der Waals surface area contributed by atoms with Gasteiger partial charge in [0.25, 0.3) is 0 Å². The van der Waals surface area contributed by atoms with Crippen molar-refractivity contribution in [1.29, 1.82) is 0 Å². The topological polar surface area (TPSA) is 107 Å². The molecule has 0 unspecified atom stereocenters. The van der Waals surface area contributed by atoms with E-state index < -0.39 is 11.9 Å². The molecule has 0 saturated carbocycles. The van der Waals surface area contributed by atoms with Crippen LogP contribution in [0.25, 0.3) is 0 Å². The summed E-state index contributed by atoms with van der Waals surface area (Å²) < 4.78 is 0. The highest BCUT2D eigenvalue weighted by Gasteiger charge is 2.15. The molecule has 0 saturated heterocycles. The summed E-state index contributed by atoms with van der Waals surface area (Å²) in [7, 11) is 0. The molecular weight excluding hydrogens is 274 g/mol. The number of aliphatic imine (C=N–C) groups is 1. The number of hydrogen-bond acceptors (Lipinski definition) is 4. The summed E-state index contributed by atoms with van der Waals surface area (Å²) in [4.78, 5) is 26.0. The van der Waals surface area contributed by atoms with Crippen molar-refractivity contribution < 1.29 is 24.9 Å². The first-order valence-electron chi connectivity index (χ1n) is 5.91. The van der Waals surface area contributed by atoms with E-state index in [9.17, 15) is 14.7 Å². The number of hydrogen-bond donors (Lipinski definition) is 3. The lowest BCUT2D eigenvalue weighted by Crippen LogP contribution is -2.08. The van der Waals surface area contributed by atoms with Crippen LogP contribution in [-0.4, -0.2) is 33.5 Å². The number of carboxylic acids is 2. The van der Waals surface area contributed by atoms with E-state index in [1.807, 2.05) is 0 Å². The molecule has 0 bridgehead atoms. The summed E-state index contributed by atoms with van der Waals surface area (Å²) >= 11 is 0. The number of carboxylic acid groups (broad SMARTS) is 2. The van der Waals surface area contributed by atoms with Crippen LogP contribution in [0.1, 0.15) is 26.3 Å². The fraction of sp³-hybridized carbons (Fsp3) is 0. The number of benzene rings is 2. The van der Waals surface area contributed by atoms with E-state index in [0.717, 1.165) is 0 Å². The van der Waals surface area contributed by atoms with Crippen molar-refractivity contribution in [2.75, 3.05) is 0 Å². The van der Waals surface area contributed by atoms with Gasteiger partial charge in [-0.05, 0) is 29.8 Å². The Hall–Kier alpha value is -3.15. The summed E-state index contributed by atoms with van der Waals surface area (Å²) in [6, 6.07) is 10.3. The number of aromatic hydroxyl groups is 1. The van der Waals surface area contributed by atoms with E-state index in [2.05, 4.69) is 4.99 Å². The van der Waals surface area contributed by atoms with Crippen molar-refractivity contribution >= 4 is 23.8 Å². The molecule has 2 aromatic rings. The summed E-state index contributed by atoms with van der Waals surface area (Å²) in [5.74, 6) is -2.64. The van der Waals surface area contributed by atoms with Gasteiger partial charge in [0.2, 0.25) is 0 Å². The highest BCUT2D eigenvalue weighted by molar-refractivity contribution is 6.03. The Morgan fingerprint density at radius 1 is 0.952 bits per heavy atom. The van der Waals surface area contributed by atoms with E-state index in [4.69, 9.17) is 10.2 Å². The van der Waals surface area contributed by atoms with Gasteiger partial charge in [-0.25, -0.2) is 9.59 Å². The minimum atomic E-state index is -1.33. The van der Waals surface area contributed by atoms with Gasteiger partial charge in [0.05, 0.1) is 11.1 Å². The average molecular weight is 285 g/mol. The molecule has 106 valence electrons. The van der Waals surface area contributed by atoms with Crippen LogP contribution in [0.2, 0.25) is 0 Å². The molecule has 6 heteroatoms. The van der Waals surface area contributed by atoms with Crippen molar-refractivity contribution in [3.8, 4) is 5.75 Å². The molecule has 0 aliphatic rings. The van der Waals surface area contributed by atoms with Gasteiger partial charge in [0, 0.05) is 6.21 Å². The third-order valence-corrected chi connectivity index (χ3v) is 2.74. The molecule has 0 radical (unpaired) electrons. The van der Waals surface area contributed by atoms with Gasteiger partial charge in [0.15, 0.2) is 0 Å². The third-order valence-electron chi connectivity index (χ3n) is 2.74. The van der Waals surface area contributed by atoms with E-state index in [1.165, 1.54) is 30.5 Å². The van der Waals surface area contributed by atoms with Crippen molar-refractivity contribution in [2.45, 2.75) is 0 Å². The number of nitrogens with zero attached hydrogens (tertiary/aromatic N) is 1. The molecule has 0 heterocycles. The van der Waals surface area contributed by atoms with Crippen LogP contribution in [0.5, 0.6) is 5.75 Å². The van der Waals surface area contributed by atoms with Crippen LogP contribution in [0, 0.1) is 0 Å². The van der Waals surface area contributed by atoms with E-state index in [-0.39, 0.29) is 16.9 Å². The normalized spacial score (nSPS) is 10.7. The van der Waals surface area contributed by atoms with Crippen LogP contribution in [-0.2, 0) is 0 Å². The Balaban J connectivity index is 2.38. The van der Waals surface area contributed by atoms with Crippen LogP contribution >= 0.6 is 0 Å². The van der Waals surface area contributed by atoms with E-state index in [1.54, 1.807) is 18.2 Å². The third kappa shape index (κ3) is 3.24. The second-order valence-electron chi connectivity index (χ2n) is 4.16. The number of para-hydroxylation sites is 2. The molecule has 0 aliphatic heterocycles.